The molecule has 0 saturated carbocycles. The molecule has 3 aromatic rings. The fourth-order valence-electron chi connectivity index (χ4n) is 3.36. The number of nitrogens with zero attached hydrogens (tertiary/aromatic N) is 3. The van der Waals surface area contributed by atoms with Crippen molar-refractivity contribution in [3.8, 4) is 5.75 Å². The van der Waals surface area contributed by atoms with Crippen LogP contribution in [0.1, 0.15) is 23.6 Å². The highest BCUT2D eigenvalue weighted by Crippen LogP contribution is 2.34. The molecule has 0 unspecified atom stereocenters. The molecule has 2 heterocycles. The van der Waals surface area contributed by atoms with E-state index in [2.05, 4.69) is 5.10 Å². The third-order valence-corrected chi connectivity index (χ3v) is 5.91. The zero-order chi connectivity index (χ0) is 20.9. The van der Waals surface area contributed by atoms with E-state index in [1.807, 2.05) is 54.6 Å². The van der Waals surface area contributed by atoms with E-state index in [1.165, 1.54) is 18.0 Å². The van der Waals surface area contributed by atoms with Crippen molar-refractivity contribution < 1.29 is 14.3 Å². The Balaban J connectivity index is 1.58. The van der Waals surface area contributed by atoms with Gasteiger partial charge in [-0.3, -0.25) is 4.79 Å². The summed E-state index contributed by atoms with van der Waals surface area (Å²) in [5.41, 5.74) is 2.86. The first-order valence-electron chi connectivity index (χ1n) is 9.55. The Hall–Kier alpha value is -3.32. The molecule has 0 N–H and O–H groups in total. The van der Waals surface area contributed by atoms with Crippen LogP contribution in [-0.2, 0) is 4.79 Å². The zero-order valence-electron chi connectivity index (χ0n) is 16.5. The largest absolute Gasteiger partial charge is 0.618 e. The smallest absolute Gasteiger partial charge is 0.253 e. The summed E-state index contributed by atoms with van der Waals surface area (Å²) < 4.78 is 6.02. The monoisotopic (exact) mass is 419 g/mol. The van der Waals surface area contributed by atoms with Crippen LogP contribution in [-0.4, -0.2) is 29.5 Å². The molecule has 1 aliphatic heterocycles. The molecule has 0 saturated heterocycles. The molecule has 6 nitrogen and oxygen atoms in total. The Bertz CT molecular complexity index is 1050. The molecular formula is C23H21N3O3S. The van der Waals surface area contributed by atoms with E-state index in [0.29, 0.717) is 11.4 Å². The summed E-state index contributed by atoms with van der Waals surface area (Å²) in [6.45, 7) is 0. The molecule has 0 radical (unpaired) electrons. The van der Waals surface area contributed by atoms with Crippen LogP contribution in [0, 0.1) is 5.21 Å². The molecule has 1 amide bonds. The molecule has 7 heteroatoms. The molecule has 1 aliphatic rings. The van der Waals surface area contributed by atoms with E-state index < -0.39 is 0 Å². The second kappa shape index (κ2) is 9.00. The number of amides is 1. The fourth-order valence-corrected chi connectivity index (χ4v) is 4.12. The maximum Gasteiger partial charge on any atom is 0.253 e. The second-order valence-corrected chi connectivity index (χ2v) is 7.79. The van der Waals surface area contributed by atoms with E-state index >= 15 is 0 Å². The molecule has 152 valence electrons. The Kier molecular flexibility index (Phi) is 5.99. The van der Waals surface area contributed by atoms with E-state index in [-0.39, 0.29) is 17.7 Å². The highest BCUT2D eigenvalue weighted by Gasteiger charge is 2.33. The first-order chi connectivity index (χ1) is 14.7. The summed E-state index contributed by atoms with van der Waals surface area (Å²) in [6, 6.07) is 22.5. The van der Waals surface area contributed by atoms with Crippen LogP contribution in [0.25, 0.3) is 0 Å². The molecule has 0 spiro atoms. The molecule has 0 bridgehead atoms. The van der Waals surface area contributed by atoms with Gasteiger partial charge in [0.25, 0.3) is 10.9 Å². The van der Waals surface area contributed by atoms with E-state index in [4.69, 9.17) is 4.74 Å². The van der Waals surface area contributed by atoms with Gasteiger partial charge in [-0.15, -0.1) is 0 Å². The van der Waals surface area contributed by atoms with Gasteiger partial charge in [0.15, 0.2) is 6.20 Å². The minimum atomic E-state index is -0.200. The number of ether oxygens (including phenoxy) is 1. The number of hydrogen-bond donors (Lipinski definition) is 0. The number of hydrazone groups is 1. The third kappa shape index (κ3) is 4.31. The molecule has 30 heavy (non-hydrogen) atoms. The summed E-state index contributed by atoms with van der Waals surface area (Å²) in [5.74, 6) is 0.749. The predicted molar refractivity (Wildman–Crippen MR) is 116 cm³/mol. The van der Waals surface area contributed by atoms with Crippen molar-refractivity contribution in [2.45, 2.75) is 17.5 Å². The summed E-state index contributed by atoms with van der Waals surface area (Å²) in [7, 11) is 1.63. The van der Waals surface area contributed by atoms with Gasteiger partial charge >= 0.3 is 0 Å². The van der Waals surface area contributed by atoms with Crippen molar-refractivity contribution in [3.05, 3.63) is 95.3 Å². The molecule has 1 atom stereocenters. The summed E-state index contributed by atoms with van der Waals surface area (Å²) >= 11 is 1.21. The Morgan fingerprint density at radius 2 is 1.87 bits per heavy atom. The van der Waals surface area contributed by atoms with Crippen molar-refractivity contribution in [2.24, 2.45) is 5.10 Å². The van der Waals surface area contributed by atoms with Gasteiger partial charge in [-0.1, -0.05) is 42.5 Å². The van der Waals surface area contributed by atoms with Gasteiger partial charge in [-0.2, -0.15) is 9.83 Å². The Morgan fingerprint density at radius 1 is 1.13 bits per heavy atom. The van der Waals surface area contributed by atoms with E-state index in [1.54, 1.807) is 30.3 Å². The van der Waals surface area contributed by atoms with Crippen LogP contribution in [0.15, 0.2) is 89.1 Å². The number of carbonyl (C=O) groups is 1. The lowest BCUT2D eigenvalue weighted by atomic mass is 9.98. The van der Waals surface area contributed by atoms with Crippen molar-refractivity contribution in [2.75, 3.05) is 12.9 Å². The van der Waals surface area contributed by atoms with Crippen LogP contribution in [0.5, 0.6) is 5.75 Å². The van der Waals surface area contributed by atoms with Gasteiger partial charge in [0.05, 0.1) is 24.6 Å². The van der Waals surface area contributed by atoms with Gasteiger partial charge in [-0.05, 0) is 41.1 Å². The van der Waals surface area contributed by atoms with Gasteiger partial charge in [0, 0.05) is 18.6 Å². The first kappa shape index (κ1) is 20.0. The summed E-state index contributed by atoms with van der Waals surface area (Å²) in [4.78, 5) is 13.1. The zero-order valence-corrected chi connectivity index (χ0v) is 17.3. The SMILES string of the molecule is COc1ccc([C@@H]2CC(c3ccccc3)=NN2C(=O)CSc2cccc[n+]2[O-])cc1. The highest BCUT2D eigenvalue weighted by atomic mass is 32.2. The lowest BCUT2D eigenvalue weighted by Gasteiger charge is -2.22. The summed E-state index contributed by atoms with van der Waals surface area (Å²) in [6.07, 6.45) is 2.05. The first-order valence-corrected chi connectivity index (χ1v) is 10.5. The van der Waals surface area contributed by atoms with Crippen molar-refractivity contribution in [1.82, 2.24) is 5.01 Å². The van der Waals surface area contributed by atoms with Crippen LogP contribution in [0.4, 0.5) is 0 Å². The number of thioether (sulfide) groups is 1. The third-order valence-electron chi connectivity index (χ3n) is 4.91. The number of methoxy groups -OCH3 is 1. The number of rotatable bonds is 6. The predicted octanol–water partition coefficient (Wildman–Crippen LogP) is 3.80. The fraction of sp³-hybridized carbons (Fsp3) is 0.174. The Labute approximate surface area is 179 Å². The normalized spacial score (nSPS) is 15.7. The molecular weight excluding hydrogens is 398 g/mol. The van der Waals surface area contributed by atoms with Crippen LogP contribution >= 0.6 is 11.8 Å². The lowest BCUT2D eigenvalue weighted by molar-refractivity contribution is -0.645. The molecule has 0 aliphatic carbocycles. The van der Waals surface area contributed by atoms with Crippen LogP contribution in [0.3, 0.4) is 0 Å². The van der Waals surface area contributed by atoms with Gasteiger partial charge in [0.1, 0.15) is 5.75 Å². The lowest BCUT2D eigenvalue weighted by Crippen LogP contribution is -2.31. The molecule has 1 aromatic heterocycles. The number of pyridine rings is 1. The van der Waals surface area contributed by atoms with Crippen LogP contribution in [0.2, 0.25) is 0 Å². The van der Waals surface area contributed by atoms with Gasteiger partial charge < -0.3 is 9.94 Å². The minimum Gasteiger partial charge on any atom is -0.618 e. The highest BCUT2D eigenvalue weighted by molar-refractivity contribution is 7.99. The molecule has 0 fully saturated rings. The van der Waals surface area contributed by atoms with Crippen molar-refractivity contribution >= 4 is 23.4 Å². The van der Waals surface area contributed by atoms with Crippen molar-refractivity contribution in [3.63, 3.8) is 0 Å². The molecule has 2 aromatic carbocycles. The average Bonchev–Trinajstić information content (AvgIpc) is 3.25. The minimum absolute atomic E-state index is 0.129. The number of carbonyl (C=O) groups excluding carboxylic acids is 1. The van der Waals surface area contributed by atoms with Gasteiger partial charge in [-0.25, -0.2) is 5.01 Å². The van der Waals surface area contributed by atoms with Gasteiger partial charge in [0.2, 0.25) is 0 Å². The molecule has 4 rings (SSSR count). The number of hydrogen-bond acceptors (Lipinski definition) is 5. The number of aromatic nitrogens is 1. The van der Waals surface area contributed by atoms with E-state index in [9.17, 15) is 10.0 Å². The Morgan fingerprint density at radius 3 is 2.57 bits per heavy atom. The van der Waals surface area contributed by atoms with E-state index in [0.717, 1.165) is 27.3 Å². The quantitative estimate of drug-likeness (QED) is 0.346. The summed E-state index contributed by atoms with van der Waals surface area (Å²) in [5, 5.41) is 18.6. The van der Waals surface area contributed by atoms with Crippen molar-refractivity contribution in [1.29, 1.82) is 0 Å². The topological polar surface area (TPSA) is 68.8 Å². The maximum absolute atomic E-state index is 13.1. The second-order valence-electron chi connectivity index (χ2n) is 6.80. The number of benzene rings is 2. The van der Waals surface area contributed by atoms with Crippen LogP contribution < -0.4 is 9.47 Å². The standard InChI is InChI=1S/C23H21N3O3S/c1-29-19-12-10-18(11-13-19)21-15-20(17-7-3-2-4-8-17)24-26(21)22(27)16-30-23-9-5-6-14-25(23)28/h2-14,21H,15-16H2,1H3/t21-/m0/s1. The average molecular weight is 420 g/mol. The maximum atomic E-state index is 13.1.